The molecule has 25 heavy (non-hydrogen) atoms. The van der Waals surface area contributed by atoms with E-state index in [2.05, 4.69) is 5.32 Å². The minimum Gasteiger partial charge on any atom is -0.352 e. The van der Waals surface area contributed by atoms with Crippen molar-refractivity contribution in [2.75, 3.05) is 18.0 Å². The van der Waals surface area contributed by atoms with Crippen molar-refractivity contribution in [3.63, 3.8) is 0 Å². The van der Waals surface area contributed by atoms with Crippen LogP contribution in [0.4, 0.5) is 10.1 Å². The van der Waals surface area contributed by atoms with Gasteiger partial charge in [-0.15, -0.1) is 0 Å². The van der Waals surface area contributed by atoms with Gasteiger partial charge < -0.3 is 10.2 Å². The Morgan fingerprint density at radius 1 is 1.24 bits per heavy atom. The number of hydrogen-bond donors (Lipinski definition) is 1. The van der Waals surface area contributed by atoms with Crippen LogP contribution in [0.15, 0.2) is 42.5 Å². The van der Waals surface area contributed by atoms with Crippen molar-refractivity contribution in [1.82, 2.24) is 5.32 Å². The molecule has 1 N–H and O–H groups in total. The monoisotopic (exact) mass is 360 g/mol. The summed E-state index contributed by atoms with van der Waals surface area (Å²) in [6.45, 7) is 0.879. The van der Waals surface area contributed by atoms with Gasteiger partial charge in [0.15, 0.2) is 0 Å². The van der Waals surface area contributed by atoms with Crippen LogP contribution in [0.5, 0.6) is 0 Å². The molecular formula is C19H18ClFN2O2. The molecule has 0 saturated carbocycles. The second-order valence-electron chi connectivity index (χ2n) is 5.91. The number of hydrogen-bond acceptors (Lipinski definition) is 2. The topological polar surface area (TPSA) is 49.4 Å². The first-order valence-corrected chi connectivity index (χ1v) is 8.55. The van der Waals surface area contributed by atoms with E-state index in [0.29, 0.717) is 47.8 Å². The molecule has 2 aromatic rings. The van der Waals surface area contributed by atoms with Gasteiger partial charge in [-0.3, -0.25) is 9.59 Å². The second kappa shape index (κ2) is 7.66. The van der Waals surface area contributed by atoms with Gasteiger partial charge in [0.1, 0.15) is 5.82 Å². The lowest BCUT2D eigenvalue weighted by Gasteiger charge is -2.19. The molecule has 0 spiro atoms. The van der Waals surface area contributed by atoms with E-state index in [-0.39, 0.29) is 17.6 Å². The number of nitrogens with one attached hydrogen (secondary N) is 1. The lowest BCUT2D eigenvalue weighted by Crippen LogP contribution is -2.30. The number of halogens is 2. The predicted molar refractivity (Wildman–Crippen MR) is 95.5 cm³/mol. The molecule has 130 valence electrons. The molecule has 6 heteroatoms. The van der Waals surface area contributed by atoms with Crippen LogP contribution < -0.4 is 10.2 Å². The van der Waals surface area contributed by atoms with Gasteiger partial charge in [0.25, 0.3) is 5.91 Å². The highest BCUT2D eigenvalue weighted by molar-refractivity contribution is 6.31. The zero-order chi connectivity index (χ0) is 17.8. The Morgan fingerprint density at radius 2 is 2.04 bits per heavy atom. The van der Waals surface area contributed by atoms with Gasteiger partial charge in [-0.1, -0.05) is 29.8 Å². The standard InChI is InChI=1S/C19H18ClFN2O2/c20-14-7-8-15(17(12-14)23-11-3-6-18(23)24)19(25)22-10-9-13-4-1-2-5-16(13)21/h1-2,4-5,7-8,12H,3,6,9-11H2,(H,22,25). The molecule has 1 fully saturated rings. The smallest absolute Gasteiger partial charge is 0.253 e. The lowest BCUT2D eigenvalue weighted by molar-refractivity contribution is -0.117. The van der Waals surface area contributed by atoms with E-state index in [4.69, 9.17) is 11.6 Å². The zero-order valence-corrected chi connectivity index (χ0v) is 14.4. The summed E-state index contributed by atoms with van der Waals surface area (Å²) < 4.78 is 13.6. The Morgan fingerprint density at radius 3 is 2.76 bits per heavy atom. The first-order chi connectivity index (χ1) is 12.1. The molecule has 2 amide bonds. The van der Waals surface area contributed by atoms with Crippen molar-refractivity contribution in [1.29, 1.82) is 0 Å². The Bertz CT molecular complexity index is 810. The molecular weight excluding hydrogens is 343 g/mol. The van der Waals surface area contributed by atoms with E-state index in [9.17, 15) is 14.0 Å². The average Bonchev–Trinajstić information content (AvgIpc) is 3.02. The molecule has 1 aliphatic rings. The summed E-state index contributed by atoms with van der Waals surface area (Å²) in [6, 6.07) is 11.3. The Kier molecular flexibility index (Phi) is 5.34. The van der Waals surface area contributed by atoms with E-state index in [0.717, 1.165) is 6.42 Å². The Hall–Kier alpha value is -2.40. The number of carbonyl (C=O) groups excluding carboxylic acids is 2. The summed E-state index contributed by atoms with van der Waals surface area (Å²) >= 11 is 6.04. The van der Waals surface area contributed by atoms with E-state index in [1.165, 1.54) is 6.07 Å². The molecule has 0 atom stereocenters. The third-order valence-corrected chi connectivity index (χ3v) is 4.44. The molecule has 0 aliphatic carbocycles. The van der Waals surface area contributed by atoms with Crippen molar-refractivity contribution in [3.8, 4) is 0 Å². The average molecular weight is 361 g/mol. The van der Waals surface area contributed by atoms with Gasteiger partial charge in [0.2, 0.25) is 5.91 Å². The quantitative estimate of drug-likeness (QED) is 0.886. The summed E-state index contributed by atoms with van der Waals surface area (Å²) in [4.78, 5) is 26.1. The summed E-state index contributed by atoms with van der Waals surface area (Å²) in [5.74, 6) is -0.600. The normalized spacial score (nSPS) is 14.0. The van der Waals surface area contributed by atoms with Crippen LogP contribution in [0, 0.1) is 5.82 Å². The van der Waals surface area contributed by atoms with Crippen molar-refractivity contribution < 1.29 is 14.0 Å². The van der Waals surface area contributed by atoms with Crippen molar-refractivity contribution in [3.05, 3.63) is 64.4 Å². The van der Waals surface area contributed by atoms with Gasteiger partial charge in [0.05, 0.1) is 11.3 Å². The fourth-order valence-electron chi connectivity index (χ4n) is 2.93. The molecule has 0 radical (unpaired) electrons. The minimum absolute atomic E-state index is 0.0114. The Balaban J connectivity index is 1.71. The molecule has 1 aliphatic heterocycles. The van der Waals surface area contributed by atoms with Crippen LogP contribution in [0.1, 0.15) is 28.8 Å². The van der Waals surface area contributed by atoms with Crippen LogP contribution in [0.3, 0.4) is 0 Å². The second-order valence-corrected chi connectivity index (χ2v) is 6.34. The Labute approximate surface area is 150 Å². The number of rotatable bonds is 5. The van der Waals surface area contributed by atoms with E-state index >= 15 is 0 Å². The first kappa shape index (κ1) is 17.4. The molecule has 0 aromatic heterocycles. The maximum Gasteiger partial charge on any atom is 0.253 e. The fourth-order valence-corrected chi connectivity index (χ4v) is 3.10. The number of benzene rings is 2. The molecule has 0 unspecified atom stereocenters. The number of amides is 2. The van der Waals surface area contributed by atoms with Crippen LogP contribution in [0.2, 0.25) is 5.02 Å². The van der Waals surface area contributed by atoms with Crippen LogP contribution >= 0.6 is 11.6 Å². The summed E-state index contributed by atoms with van der Waals surface area (Å²) in [7, 11) is 0. The molecule has 0 bridgehead atoms. The SMILES string of the molecule is O=C(NCCc1ccccc1F)c1ccc(Cl)cc1N1CCCC1=O. The van der Waals surface area contributed by atoms with Crippen LogP contribution in [-0.2, 0) is 11.2 Å². The van der Waals surface area contributed by atoms with Crippen molar-refractivity contribution in [2.24, 2.45) is 0 Å². The molecule has 2 aromatic carbocycles. The summed E-state index contributed by atoms with van der Waals surface area (Å²) in [5.41, 5.74) is 1.47. The van der Waals surface area contributed by atoms with Crippen LogP contribution in [0.25, 0.3) is 0 Å². The van der Waals surface area contributed by atoms with Crippen LogP contribution in [-0.4, -0.2) is 24.9 Å². The zero-order valence-electron chi connectivity index (χ0n) is 13.6. The molecule has 1 heterocycles. The van der Waals surface area contributed by atoms with Gasteiger partial charge >= 0.3 is 0 Å². The van der Waals surface area contributed by atoms with Gasteiger partial charge in [-0.05, 0) is 42.7 Å². The maximum absolute atomic E-state index is 13.6. The highest BCUT2D eigenvalue weighted by atomic mass is 35.5. The molecule has 4 nitrogen and oxygen atoms in total. The number of nitrogens with zero attached hydrogens (tertiary/aromatic N) is 1. The first-order valence-electron chi connectivity index (χ1n) is 8.18. The summed E-state index contributed by atoms with van der Waals surface area (Å²) in [5, 5.41) is 3.26. The third-order valence-electron chi connectivity index (χ3n) is 4.21. The lowest BCUT2D eigenvalue weighted by atomic mass is 10.1. The highest BCUT2D eigenvalue weighted by Gasteiger charge is 2.26. The van der Waals surface area contributed by atoms with E-state index in [1.807, 2.05) is 0 Å². The van der Waals surface area contributed by atoms with Crippen molar-refractivity contribution in [2.45, 2.75) is 19.3 Å². The fraction of sp³-hybridized carbons (Fsp3) is 0.263. The highest BCUT2D eigenvalue weighted by Crippen LogP contribution is 2.28. The van der Waals surface area contributed by atoms with Gasteiger partial charge in [-0.2, -0.15) is 0 Å². The third kappa shape index (κ3) is 3.99. The largest absolute Gasteiger partial charge is 0.352 e. The number of anilines is 1. The minimum atomic E-state index is -0.303. The maximum atomic E-state index is 13.6. The van der Waals surface area contributed by atoms with Gasteiger partial charge in [0, 0.05) is 24.5 Å². The van der Waals surface area contributed by atoms with Gasteiger partial charge in [-0.25, -0.2) is 4.39 Å². The van der Waals surface area contributed by atoms with E-state index < -0.39 is 0 Å². The molecule has 3 rings (SSSR count). The predicted octanol–water partition coefficient (Wildman–Crippen LogP) is 3.58. The van der Waals surface area contributed by atoms with Crippen molar-refractivity contribution >= 4 is 29.1 Å². The summed E-state index contributed by atoms with van der Waals surface area (Å²) in [6.07, 6.45) is 1.63. The number of carbonyl (C=O) groups is 2. The molecule has 1 saturated heterocycles. The van der Waals surface area contributed by atoms with E-state index in [1.54, 1.807) is 41.3 Å².